The van der Waals surface area contributed by atoms with E-state index < -0.39 is 0 Å². The van der Waals surface area contributed by atoms with Crippen LogP contribution in [0.3, 0.4) is 0 Å². The largest absolute Gasteiger partial charge is 0.377 e. The summed E-state index contributed by atoms with van der Waals surface area (Å²) in [5, 5.41) is 9.85. The van der Waals surface area contributed by atoms with Gasteiger partial charge in [0.15, 0.2) is 5.96 Å². The van der Waals surface area contributed by atoms with E-state index in [1.165, 1.54) is 10.6 Å². The van der Waals surface area contributed by atoms with Crippen molar-refractivity contribution in [1.82, 2.24) is 15.6 Å². The zero-order valence-corrected chi connectivity index (χ0v) is 19.1. The number of nitrogens with one attached hydrogen (secondary N) is 2. The van der Waals surface area contributed by atoms with Crippen molar-refractivity contribution < 1.29 is 4.74 Å². The number of thiazole rings is 1. The van der Waals surface area contributed by atoms with Crippen molar-refractivity contribution in [3.63, 3.8) is 0 Å². The molecule has 1 heterocycles. The van der Waals surface area contributed by atoms with Gasteiger partial charge in [-0.3, -0.25) is 4.99 Å². The van der Waals surface area contributed by atoms with E-state index in [-0.39, 0.29) is 29.6 Å². The van der Waals surface area contributed by atoms with Crippen LogP contribution in [-0.2, 0) is 24.1 Å². The molecule has 2 rings (SSSR count). The van der Waals surface area contributed by atoms with Gasteiger partial charge in [-0.05, 0) is 25.8 Å². The first-order valence-electron chi connectivity index (χ1n) is 8.49. The Bertz CT molecular complexity index is 673. The Labute approximate surface area is 177 Å². The third-order valence-corrected chi connectivity index (χ3v) is 4.92. The van der Waals surface area contributed by atoms with Gasteiger partial charge in [-0.15, -0.1) is 35.3 Å². The van der Waals surface area contributed by atoms with Gasteiger partial charge in [-0.1, -0.05) is 30.3 Å². The summed E-state index contributed by atoms with van der Waals surface area (Å²) < 4.78 is 5.41. The molecule has 144 valence electrons. The molecular weight excluding hydrogens is 459 g/mol. The maximum atomic E-state index is 5.41. The average molecular weight is 488 g/mol. The lowest BCUT2D eigenvalue weighted by Crippen LogP contribution is -2.45. The molecule has 0 unspecified atom stereocenters. The molecule has 0 bridgehead atoms. The second-order valence-corrected chi connectivity index (χ2v) is 7.40. The minimum atomic E-state index is -0.233. The van der Waals surface area contributed by atoms with Crippen LogP contribution in [0.1, 0.15) is 30.1 Å². The third-order valence-electron chi connectivity index (χ3n) is 3.96. The quantitative estimate of drug-likeness (QED) is 0.339. The minimum Gasteiger partial charge on any atom is -0.377 e. The molecule has 1 aromatic carbocycles. The Morgan fingerprint density at radius 2 is 1.92 bits per heavy atom. The number of aromatic nitrogens is 1. The Morgan fingerprint density at radius 3 is 2.58 bits per heavy atom. The smallest absolute Gasteiger partial charge is 0.191 e. The highest BCUT2D eigenvalue weighted by molar-refractivity contribution is 14.0. The molecule has 0 aliphatic heterocycles. The first-order valence-corrected chi connectivity index (χ1v) is 9.37. The second kappa shape index (κ2) is 11.5. The predicted molar refractivity (Wildman–Crippen MR) is 121 cm³/mol. The van der Waals surface area contributed by atoms with Gasteiger partial charge in [0.05, 0.1) is 22.8 Å². The lowest BCUT2D eigenvalue weighted by atomic mass is 10.1. The molecule has 0 saturated heterocycles. The van der Waals surface area contributed by atoms with Gasteiger partial charge < -0.3 is 15.4 Å². The number of aryl methyl sites for hydroxylation is 2. The molecule has 0 amide bonds. The molecule has 2 N–H and O–H groups in total. The van der Waals surface area contributed by atoms with Crippen LogP contribution in [0, 0.1) is 0 Å². The molecule has 26 heavy (non-hydrogen) atoms. The van der Waals surface area contributed by atoms with E-state index >= 15 is 0 Å². The Morgan fingerprint density at radius 1 is 1.19 bits per heavy atom. The van der Waals surface area contributed by atoms with Crippen molar-refractivity contribution in [2.75, 3.05) is 20.7 Å². The van der Waals surface area contributed by atoms with E-state index in [9.17, 15) is 0 Å². The number of rotatable bonds is 8. The fraction of sp³-hybridized carbons (Fsp3) is 0.474. The van der Waals surface area contributed by atoms with Crippen LogP contribution >= 0.6 is 35.3 Å². The van der Waals surface area contributed by atoms with Crippen molar-refractivity contribution in [2.24, 2.45) is 4.99 Å². The number of methoxy groups -OCH3 is 1. The van der Waals surface area contributed by atoms with E-state index in [0.717, 1.165) is 24.5 Å². The fourth-order valence-corrected chi connectivity index (χ4v) is 3.00. The molecule has 2 aromatic rings. The Balaban J connectivity index is 0.00000338. The van der Waals surface area contributed by atoms with Crippen LogP contribution < -0.4 is 10.6 Å². The molecule has 1 aromatic heterocycles. The van der Waals surface area contributed by atoms with Gasteiger partial charge >= 0.3 is 0 Å². The zero-order chi connectivity index (χ0) is 18.1. The fourth-order valence-electron chi connectivity index (χ4n) is 2.20. The molecular formula is C19H29IN4OS. The van der Waals surface area contributed by atoms with Gasteiger partial charge in [0.1, 0.15) is 0 Å². The summed E-state index contributed by atoms with van der Waals surface area (Å²) in [6.07, 6.45) is 2.00. The van der Waals surface area contributed by atoms with Gasteiger partial charge in [0.2, 0.25) is 0 Å². The normalized spacial score (nSPS) is 11.8. The molecule has 7 heteroatoms. The standard InChI is InChI=1S/C19H28N4OS.HI/c1-19(2,24-4)14-22-18(20-3)21-12-16-13-25-17(23-16)11-10-15-8-6-5-7-9-15;/h5-9,13H,10-12,14H2,1-4H3,(H2,20,21,22);1H. The van der Waals surface area contributed by atoms with Crippen molar-refractivity contribution in [3.05, 3.63) is 52.0 Å². The van der Waals surface area contributed by atoms with Crippen LogP contribution in [0.2, 0.25) is 0 Å². The lowest BCUT2D eigenvalue weighted by Gasteiger charge is -2.24. The van der Waals surface area contributed by atoms with Crippen molar-refractivity contribution in [2.45, 2.75) is 38.8 Å². The summed E-state index contributed by atoms with van der Waals surface area (Å²) in [4.78, 5) is 8.94. The van der Waals surface area contributed by atoms with Gasteiger partial charge in [0, 0.05) is 32.5 Å². The van der Waals surface area contributed by atoms with Crippen LogP contribution in [0.25, 0.3) is 0 Å². The number of aliphatic imine (C=N–C) groups is 1. The number of guanidine groups is 1. The first-order chi connectivity index (χ1) is 12.0. The van der Waals surface area contributed by atoms with Gasteiger partial charge in [-0.25, -0.2) is 4.98 Å². The molecule has 0 spiro atoms. The number of hydrogen-bond acceptors (Lipinski definition) is 4. The number of ether oxygens (including phenoxy) is 1. The Hall–Kier alpha value is -1.19. The third kappa shape index (κ3) is 8.01. The minimum absolute atomic E-state index is 0. The predicted octanol–water partition coefficient (Wildman–Crippen LogP) is 3.64. The van der Waals surface area contributed by atoms with Crippen molar-refractivity contribution >= 4 is 41.3 Å². The van der Waals surface area contributed by atoms with Crippen LogP contribution in [0.4, 0.5) is 0 Å². The molecule has 0 fully saturated rings. The van der Waals surface area contributed by atoms with E-state index in [4.69, 9.17) is 9.72 Å². The number of benzene rings is 1. The van der Waals surface area contributed by atoms with Crippen LogP contribution in [-0.4, -0.2) is 37.2 Å². The maximum Gasteiger partial charge on any atom is 0.191 e. The van der Waals surface area contributed by atoms with E-state index in [0.29, 0.717) is 13.1 Å². The summed E-state index contributed by atoms with van der Waals surface area (Å²) >= 11 is 1.72. The number of hydrogen-bond donors (Lipinski definition) is 2. The van der Waals surface area contributed by atoms with E-state index in [1.807, 2.05) is 19.9 Å². The second-order valence-electron chi connectivity index (χ2n) is 6.46. The average Bonchev–Trinajstić information content (AvgIpc) is 3.09. The SMILES string of the molecule is CN=C(NCc1csc(CCc2ccccc2)n1)NCC(C)(C)OC.I. The van der Waals surface area contributed by atoms with Crippen LogP contribution in [0.15, 0.2) is 40.7 Å². The molecule has 0 aliphatic carbocycles. The monoisotopic (exact) mass is 488 g/mol. The first kappa shape index (κ1) is 22.9. The Kier molecular flexibility index (Phi) is 10.1. The topological polar surface area (TPSA) is 58.5 Å². The summed E-state index contributed by atoms with van der Waals surface area (Å²) in [7, 11) is 3.48. The van der Waals surface area contributed by atoms with E-state index in [2.05, 4.69) is 45.3 Å². The molecule has 0 saturated carbocycles. The number of nitrogens with zero attached hydrogens (tertiary/aromatic N) is 2. The molecule has 5 nitrogen and oxygen atoms in total. The summed E-state index contributed by atoms with van der Waals surface area (Å²) in [5.74, 6) is 0.754. The van der Waals surface area contributed by atoms with Crippen molar-refractivity contribution in [3.8, 4) is 0 Å². The van der Waals surface area contributed by atoms with Crippen LogP contribution in [0.5, 0.6) is 0 Å². The summed E-state index contributed by atoms with van der Waals surface area (Å²) in [6, 6.07) is 10.5. The highest BCUT2D eigenvalue weighted by Crippen LogP contribution is 2.13. The van der Waals surface area contributed by atoms with Gasteiger partial charge in [-0.2, -0.15) is 0 Å². The van der Waals surface area contributed by atoms with Crippen molar-refractivity contribution in [1.29, 1.82) is 0 Å². The maximum absolute atomic E-state index is 5.41. The zero-order valence-electron chi connectivity index (χ0n) is 15.9. The summed E-state index contributed by atoms with van der Waals surface area (Å²) in [5.41, 5.74) is 2.16. The summed E-state index contributed by atoms with van der Waals surface area (Å²) in [6.45, 7) is 5.41. The molecule has 0 atom stereocenters. The number of halogens is 1. The lowest BCUT2D eigenvalue weighted by molar-refractivity contribution is 0.0268. The molecule has 0 aliphatic rings. The highest BCUT2D eigenvalue weighted by atomic mass is 127. The molecule has 0 radical (unpaired) electrons. The highest BCUT2D eigenvalue weighted by Gasteiger charge is 2.16. The van der Waals surface area contributed by atoms with E-state index in [1.54, 1.807) is 25.5 Å². The van der Waals surface area contributed by atoms with Gasteiger partial charge in [0.25, 0.3) is 0 Å².